The monoisotopic (exact) mass is 346 g/mol. The van der Waals surface area contributed by atoms with Crippen molar-refractivity contribution in [1.82, 2.24) is 15.5 Å². The van der Waals surface area contributed by atoms with Gasteiger partial charge in [0, 0.05) is 44.5 Å². The Morgan fingerprint density at radius 2 is 1.92 bits per heavy atom. The second-order valence-electron chi connectivity index (χ2n) is 6.07. The fourth-order valence-corrected chi connectivity index (χ4v) is 3.05. The Bertz CT molecular complexity index is 672. The molecule has 2 N–H and O–H groups in total. The van der Waals surface area contributed by atoms with Gasteiger partial charge < -0.3 is 20.3 Å². The van der Waals surface area contributed by atoms with E-state index in [4.69, 9.17) is 4.74 Å². The number of carbonyl (C=O) groups is 3. The minimum atomic E-state index is -0.821. The van der Waals surface area contributed by atoms with E-state index in [1.165, 1.54) is 4.90 Å². The molecule has 8 nitrogen and oxygen atoms in total. The van der Waals surface area contributed by atoms with Crippen molar-refractivity contribution >= 4 is 23.4 Å². The van der Waals surface area contributed by atoms with Crippen LogP contribution < -0.4 is 15.5 Å². The molecule has 25 heavy (non-hydrogen) atoms. The Labute approximate surface area is 146 Å². The molecule has 2 aliphatic rings. The molecule has 0 saturated carbocycles. The summed E-state index contributed by atoms with van der Waals surface area (Å²) in [4.78, 5) is 40.0. The van der Waals surface area contributed by atoms with Gasteiger partial charge in [-0.1, -0.05) is 18.2 Å². The first-order chi connectivity index (χ1) is 12.1. The van der Waals surface area contributed by atoms with E-state index in [9.17, 15) is 14.4 Å². The maximum Gasteiger partial charge on any atom is 0.310 e. The van der Waals surface area contributed by atoms with Crippen LogP contribution in [0, 0.1) is 0 Å². The van der Waals surface area contributed by atoms with Crippen molar-refractivity contribution in [2.45, 2.75) is 6.04 Å². The van der Waals surface area contributed by atoms with E-state index < -0.39 is 17.9 Å². The average Bonchev–Trinajstić information content (AvgIpc) is 2.88. The van der Waals surface area contributed by atoms with Crippen LogP contribution in [0.15, 0.2) is 24.3 Å². The summed E-state index contributed by atoms with van der Waals surface area (Å²) in [5.41, 5.74) is 1.44. The Hall–Kier alpha value is -2.45. The molecule has 1 aromatic carbocycles. The first-order valence-corrected chi connectivity index (χ1v) is 8.33. The summed E-state index contributed by atoms with van der Waals surface area (Å²) in [7, 11) is 1.65. The van der Waals surface area contributed by atoms with Gasteiger partial charge in [0.25, 0.3) is 5.91 Å². The molecular weight excluding hydrogens is 324 g/mol. The highest BCUT2D eigenvalue weighted by atomic mass is 16.5. The summed E-state index contributed by atoms with van der Waals surface area (Å²) in [5.74, 6) is -1.78. The van der Waals surface area contributed by atoms with Crippen LogP contribution in [0.3, 0.4) is 0 Å². The molecule has 3 rings (SSSR count). The smallest absolute Gasteiger partial charge is 0.310 e. The van der Waals surface area contributed by atoms with Crippen LogP contribution >= 0.6 is 0 Å². The summed E-state index contributed by atoms with van der Waals surface area (Å²) in [6.07, 6.45) is 0. The summed E-state index contributed by atoms with van der Waals surface area (Å²) in [6.45, 7) is 4.05. The van der Waals surface area contributed by atoms with Crippen molar-refractivity contribution in [2.75, 3.05) is 51.3 Å². The molecule has 8 heteroatoms. The zero-order valence-corrected chi connectivity index (χ0v) is 14.2. The van der Waals surface area contributed by atoms with Gasteiger partial charge in [-0.25, -0.2) is 0 Å². The summed E-state index contributed by atoms with van der Waals surface area (Å²) in [5, 5.41) is 5.12. The molecule has 134 valence electrons. The Morgan fingerprint density at radius 3 is 2.68 bits per heavy atom. The highest BCUT2D eigenvalue weighted by Gasteiger charge is 2.36. The van der Waals surface area contributed by atoms with Gasteiger partial charge in [0.15, 0.2) is 0 Å². The predicted octanol–water partition coefficient (Wildman–Crippen LogP) is -0.731. The number of likely N-dealkylation sites (N-methyl/N-ethyl adjacent to an activating group) is 1. The zero-order chi connectivity index (χ0) is 17.8. The third kappa shape index (κ3) is 3.80. The Morgan fingerprint density at radius 1 is 1.20 bits per heavy atom. The van der Waals surface area contributed by atoms with Crippen molar-refractivity contribution in [3.05, 3.63) is 29.8 Å². The number of hydrogen-bond donors (Lipinski definition) is 2. The van der Waals surface area contributed by atoms with Gasteiger partial charge in [-0.2, -0.15) is 0 Å². The molecule has 0 aliphatic carbocycles. The van der Waals surface area contributed by atoms with Gasteiger partial charge in [0.1, 0.15) is 6.04 Å². The van der Waals surface area contributed by atoms with Crippen molar-refractivity contribution in [3.63, 3.8) is 0 Å². The lowest BCUT2D eigenvalue weighted by molar-refractivity contribution is -0.140. The standard InChI is InChI=1S/C17H22N4O4/c1-20-13-5-3-2-4-12(13)14(17(20)24)19-16(23)15(22)18-6-7-21-8-10-25-11-9-21/h2-5,14H,6-11H2,1H3,(H,18,22)(H,19,23). The largest absolute Gasteiger partial charge is 0.379 e. The number of morpholine rings is 1. The second kappa shape index (κ2) is 7.62. The van der Waals surface area contributed by atoms with Crippen molar-refractivity contribution in [1.29, 1.82) is 0 Å². The molecule has 0 aromatic heterocycles. The van der Waals surface area contributed by atoms with Gasteiger partial charge in [0.2, 0.25) is 0 Å². The highest BCUT2D eigenvalue weighted by molar-refractivity contribution is 6.35. The maximum absolute atomic E-state index is 12.3. The van der Waals surface area contributed by atoms with Crippen LogP contribution in [0.5, 0.6) is 0 Å². The second-order valence-corrected chi connectivity index (χ2v) is 6.07. The molecular formula is C17H22N4O4. The molecule has 1 fully saturated rings. The first kappa shape index (κ1) is 17.4. The van der Waals surface area contributed by atoms with E-state index in [1.54, 1.807) is 19.2 Å². The fraction of sp³-hybridized carbons (Fsp3) is 0.471. The van der Waals surface area contributed by atoms with Gasteiger partial charge in [-0.3, -0.25) is 19.3 Å². The van der Waals surface area contributed by atoms with E-state index in [0.717, 1.165) is 18.8 Å². The molecule has 0 radical (unpaired) electrons. The van der Waals surface area contributed by atoms with E-state index in [1.807, 2.05) is 12.1 Å². The third-order valence-corrected chi connectivity index (χ3v) is 4.49. The number of nitrogens with one attached hydrogen (secondary N) is 2. The summed E-state index contributed by atoms with van der Waals surface area (Å²) >= 11 is 0. The highest BCUT2D eigenvalue weighted by Crippen LogP contribution is 2.34. The number of benzene rings is 1. The van der Waals surface area contributed by atoms with Crippen LogP contribution in [-0.2, 0) is 19.1 Å². The lowest BCUT2D eigenvalue weighted by Gasteiger charge is -2.26. The van der Waals surface area contributed by atoms with Crippen LogP contribution in [0.2, 0.25) is 0 Å². The Kier molecular flexibility index (Phi) is 5.30. The van der Waals surface area contributed by atoms with E-state index in [-0.39, 0.29) is 5.91 Å². The lowest BCUT2D eigenvalue weighted by atomic mass is 10.1. The van der Waals surface area contributed by atoms with Gasteiger partial charge in [-0.15, -0.1) is 0 Å². The minimum Gasteiger partial charge on any atom is -0.379 e. The Balaban J connectivity index is 1.51. The number of anilines is 1. The minimum absolute atomic E-state index is 0.254. The number of ether oxygens (including phenoxy) is 1. The van der Waals surface area contributed by atoms with Crippen molar-refractivity contribution < 1.29 is 19.1 Å². The molecule has 0 bridgehead atoms. The number of rotatable bonds is 4. The van der Waals surface area contributed by atoms with Crippen LogP contribution in [0.4, 0.5) is 5.69 Å². The SMILES string of the molecule is CN1C(=O)C(NC(=O)C(=O)NCCN2CCOCC2)c2ccccc21. The maximum atomic E-state index is 12.3. The molecule has 1 atom stereocenters. The average molecular weight is 346 g/mol. The topological polar surface area (TPSA) is 91.0 Å². The predicted molar refractivity (Wildman–Crippen MR) is 91.0 cm³/mol. The number of para-hydroxylation sites is 1. The molecule has 1 saturated heterocycles. The number of amides is 3. The zero-order valence-electron chi connectivity index (χ0n) is 14.2. The summed E-state index contributed by atoms with van der Waals surface area (Å²) in [6, 6.07) is 6.39. The third-order valence-electron chi connectivity index (χ3n) is 4.49. The first-order valence-electron chi connectivity index (χ1n) is 8.33. The number of fused-ring (bicyclic) bond motifs is 1. The molecule has 0 spiro atoms. The molecule has 3 amide bonds. The molecule has 1 unspecified atom stereocenters. The van der Waals surface area contributed by atoms with Crippen LogP contribution in [0.1, 0.15) is 11.6 Å². The van der Waals surface area contributed by atoms with Gasteiger partial charge in [0.05, 0.1) is 13.2 Å². The number of carbonyl (C=O) groups excluding carboxylic acids is 3. The normalized spacial score (nSPS) is 20.3. The number of hydrogen-bond acceptors (Lipinski definition) is 5. The lowest BCUT2D eigenvalue weighted by Crippen LogP contribution is -2.46. The van der Waals surface area contributed by atoms with Crippen LogP contribution in [0.25, 0.3) is 0 Å². The van der Waals surface area contributed by atoms with Crippen molar-refractivity contribution in [2.24, 2.45) is 0 Å². The van der Waals surface area contributed by atoms with E-state index in [2.05, 4.69) is 15.5 Å². The fourth-order valence-electron chi connectivity index (χ4n) is 3.05. The van der Waals surface area contributed by atoms with Gasteiger partial charge in [-0.05, 0) is 6.07 Å². The van der Waals surface area contributed by atoms with Crippen molar-refractivity contribution in [3.8, 4) is 0 Å². The summed E-state index contributed by atoms with van der Waals surface area (Å²) < 4.78 is 5.26. The number of nitrogens with zero attached hydrogens (tertiary/aromatic N) is 2. The molecule has 2 heterocycles. The quantitative estimate of drug-likeness (QED) is 0.702. The van der Waals surface area contributed by atoms with E-state index >= 15 is 0 Å². The van der Waals surface area contributed by atoms with E-state index in [0.29, 0.717) is 31.9 Å². The molecule has 2 aliphatic heterocycles. The van der Waals surface area contributed by atoms with Crippen LogP contribution in [-0.4, -0.2) is 69.1 Å². The molecule has 1 aromatic rings. The van der Waals surface area contributed by atoms with Gasteiger partial charge >= 0.3 is 11.8 Å².